The third kappa shape index (κ3) is 2.42. The Kier molecular flexibility index (Phi) is 4.16. The van der Waals surface area contributed by atoms with E-state index in [2.05, 4.69) is 18.7 Å². The highest BCUT2D eigenvalue weighted by atomic mass is 16.5. The lowest BCUT2D eigenvalue weighted by Crippen LogP contribution is -2.43. The molecule has 1 fully saturated rings. The second-order valence-corrected chi connectivity index (χ2v) is 3.92. The molecule has 2 atom stereocenters. The number of ether oxygens (including phenoxy) is 2. The van der Waals surface area contributed by atoms with Crippen LogP contribution in [-0.2, 0) is 9.47 Å². The number of methoxy groups -OCH3 is 2. The first-order valence-electron chi connectivity index (χ1n) is 4.98. The zero-order valence-electron chi connectivity index (χ0n) is 9.12. The SMILES string of the molecule is COC[C@H]1[C@H](OC)CCN1C(C)C. The van der Waals surface area contributed by atoms with Crippen molar-refractivity contribution in [2.24, 2.45) is 0 Å². The molecular weight excluding hydrogens is 166 g/mol. The zero-order valence-corrected chi connectivity index (χ0v) is 9.12. The van der Waals surface area contributed by atoms with Gasteiger partial charge in [0.05, 0.1) is 18.8 Å². The third-order valence-corrected chi connectivity index (χ3v) is 2.83. The van der Waals surface area contributed by atoms with Crippen LogP contribution in [0.25, 0.3) is 0 Å². The van der Waals surface area contributed by atoms with Crippen LogP contribution in [0.5, 0.6) is 0 Å². The second-order valence-electron chi connectivity index (χ2n) is 3.92. The van der Waals surface area contributed by atoms with Crippen LogP contribution in [0.1, 0.15) is 20.3 Å². The summed E-state index contributed by atoms with van der Waals surface area (Å²) in [5.74, 6) is 0. The van der Waals surface area contributed by atoms with Crippen molar-refractivity contribution in [2.45, 2.75) is 38.5 Å². The molecule has 1 heterocycles. The molecule has 0 aromatic heterocycles. The largest absolute Gasteiger partial charge is 0.383 e. The van der Waals surface area contributed by atoms with E-state index in [9.17, 15) is 0 Å². The highest BCUT2D eigenvalue weighted by Crippen LogP contribution is 2.22. The summed E-state index contributed by atoms with van der Waals surface area (Å²) in [6.07, 6.45) is 1.48. The maximum Gasteiger partial charge on any atom is 0.0761 e. The molecule has 0 aromatic rings. The molecule has 1 rings (SSSR count). The van der Waals surface area contributed by atoms with Gasteiger partial charge < -0.3 is 9.47 Å². The van der Waals surface area contributed by atoms with E-state index in [0.29, 0.717) is 18.2 Å². The van der Waals surface area contributed by atoms with Crippen molar-refractivity contribution in [3.8, 4) is 0 Å². The van der Waals surface area contributed by atoms with E-state index < -0.39 is 0 Å². The van der Waals surface area contributed by atoms with Gasteiger partial charge in [0.2, 0.25) is 0 Å². The van der Waals surface area contributed by atoms with Crippen LogP contribution in [0.4, 0.5) is 0 Å². The molecule has 0 saturated carbocycles. The van der Waals surface area contributed by atoms with Crippen molar-refractivity contribution in [3.05, 3.63) is 0 Å². The summed E-state index contributed by atoms with van der Waals surface area (Å²) in [7, 11) is 3.54. The maximum atomic E-state index is 5.44. The van der Waals surface area contributed by atoms with Crippen molar-refractivity contribution in [1.29, 1.82) is 0 Å². The van der Waals surface area contributed by atoms with E-state index in [4.69, 9.17) is 9.47 Å². The molecule has 78 valence electrons. The summed E-state index contributed by atoms with van der Waals surface area (Å²) < 4.78 is 10.7. The molecule has 0 aromatic carbocycles. The van der Waals surface area contributed by atoms with Gasteiger partial charge in [0, 0.05) is 26.8 Å². The average Bonchev–Trinajstić information content (AvgIpc) is 2.48. The number of rotatable bonds is 4. The van der Waals surface area contributed by atoms with Gasteiger partial charge in [0.1, 0.15) is 0 Å². The fourth-order valence-electron chi connectivity index (χ4n) is 2.14. The standard InChI is InChI=1S/C10H21NO2/c1-8(2)11-6-5-10(13-4)9(11)7-12-3/h8-10H,5-7H2,1-4H3/t9-,10+/m0/s1. The molecule has 0 bridgehead atoms. The van der Waals surface area contributed by atoms with E-state index >= 15 is 0 Å². The van der Waals surface area contributed by atoms with E-state index in [0.717, 1.165) is 19.6 Å². The zero-order chi connectivity index (χ0) is 9.84. The van der Waals surface area contributed by atoms with E-state index in [1.54, 1.807) is 14.2 Å². The van der Waals surface area contributed by atoms with Crippen LogP contribution in [-0.4, -0.2) is 50.5 Å². The lowest BCUT2D eigenvalue weighted by atomic mass is 10.1. The van der Waals surface area contributed by atoms with Crippen molar-refractivity contribution in [1.82, 2.24) is 4.90 Å². The Balaban J connectivity index is 2.55. The first kappa shape index (κ1) is 11.0. The van der Waals surface area contributed by atoms with Crippen LogP contribution in [0.3, 0.4) is 0 Å². The van der Waals surface area contributed by atoms with Crippen LogP contribution >= 0.6 is 0 Å². The molecular formula is C10H21NO2. The fraction of sp³-hybridized carbons (Fsp3) is 1.00. The molecule has 13 heavy (non-hydrogen) atoms. The Morgan fingerprint density at radius 3 is 2.54 bits per heavy atom. The molecule has 0 radical (unpaired) electrons. The molecule has 0 aliphatic carbocycles. The van der Waals surface area contributed by atoms with E-state index in [1.165, 1.54) is 0 Å². The Morgan fingerprint density at radius 1 is 1.38 bits per heavy atom. The van der Waals surface area contributed by atoms with Crippen LogP contribution in [0, 0.1) is 0 Å². The molecule has 3 nitrogen and oxygen atoms in total. The Hall–Kier alpha value is -0.120. The summed E-state index contributed by atoms with van der Waals surface area (Å²) in [6, 6.07) is 1.02. The van der Waals surface area contributed by atoms with Gasteiger partial charge in [-0.3, -0.25) is 4.90 Å². The molecule has 1 aliphatic heterocycles. The quantitative estimate of drug-likeness (QED) is 0.658. The second kappa shape index (κ2) is 4.94. The summed E-state index contributed by atoms with van der Waals surface area (Å²) in [5, 5.41) is 0. The number of nitrogens with zero attached hydrogens (tertiary/aromatic N) is 1. The monoisotopic (exact) mass is 187 g/mol. The van der Waals surface area contributed by atoms with Crippen LogP contribution in [0.2, 0.25) is 0 Å². The van der Waals surface area contributed by atoms with E-state index in [-0.39, 0.29) is 0 Å². The van der Waals surface area contributed by atoms with Crippen molar-refractivity contribution in [3.63, 3.8) is 0 Å². The van der Waals surface area contributed by atoms with Gasteiger partial charge in [-0.25, -0.2) is 0 Å². The van der Waals surface area contributed by atoms with Crippen molar-refractivity contribution in [2.75, 3.05) is 27.4 Å². The smallest absolute Gasteiger partial charge is 0.0761 e. The van der Waals surface area contributed by atoms with Gasteiger partial charge in [0.25, 0.3) is 0 Å². The molecule has 1 aliphatic rings. The molecule has 0 amide bonds. The first-order chi connectivity index (χ1) is 6.20. The molecule has 3 heteroatoms. The lowest BCUT2D eigenvalue weighted by Gasteiger charge is -2.29. The molecule has 0 unspecified atom stereocenters. The van der Waals surface area contributed by atoms with Crippen molar-refractivity contribution >= 4 is 0 Å². The Morgan fingerprint density at radius 2 is 2.08 bits per heavy atom. The van der Waals surface area contributed by atoms with Crippen LogP contribution in [0.15, 0.2) is 0 Å². The summed E-state index contributed by atoms with van der Waals surface area (Å²) in [5.41, 5.74) is 0. The minimum Gasteiger partial charge on any atom is -0.383 e. The Labute approximate surface area is 81.0 Å². The third-order valence-electron chi connectivity index (χ3n) is 2.83. The highest BCUT2D eigenvalue weighted by Gasteiger charge is 2.35. The van der Waals surface area contributed by atoms with Crippen LogP contribution < -0.4 is 0 Å². The van der Waals surface area contributed by atoms with Crippen molar-refractivity contribution < 1.29 is 9.47 Å². The predicted octanol–water partition coefficient (Wildman–Crippen LogP) is 1.13. The maximum absolute atomic E-state index is 5.44. The minimum absolute atomic E-state index is 0.349. The van der Waals surface area contributed by atoms with Gasteiger partial charge >= 0.3 is 0 Å². The highest BCUT2D eigenvalue weighted by molar-refractivity contribution is 4.89. The number of hydrogen-bond acceptors (Lipinski definition) is 3. The summed E-state index contributed by atoms with van der Waals surface area (Å²) in [4.78, 5) is 2.46. The van der Waals surface area contributed by atoms with Gasteiger partial charge in [-0.15, -0.1) is 0 Å². The molecule has 0 spiro atoms. The first-order valence-corrected chi connectivity index (χ1v) is 4.98. The van der Waals surface area contributed by atoms with Gasteiger partial charge in [0.15, 0.2) is 0 Å². The summed E-state index contributed by atoms with van der Waals surface area (Å²) >= 11 is 0. The molecule has 1 saturated heterocycles. The normalized spacial score (nSPS) is 30.2. The predicted molar refractivity (Wildman–Crippen MR) is 52.9 cm³/mol. The average molecular weight is 187 g/mol. The number of likely N-dealkylation sites (tertiary alicyclic amines) is 1. The Bertz CT molecular complexity index is 150. The van der Waals surface area contributed by atoms with Gasteiger partial charge in [-0.2, -0.15) is 0 Å². The minimum atomic E-state index is 0.349. The fourth-order valence-corrected chi connectivity index (χ4v) is 2.14. The van der Waals surface area contributed by atoms with Gasteiger partial charge in [-0.05, 0) is 20.3 Å². The number of hydrogen-bond donors (Lipinski definition) is 0. The van der Waals surface area contributed by atoms with Gasteiger partial charge in [-0.1, -0.05) is 0 Å². The topological polar surface area (TPSA) is 21.7 Å². The molecule has 0 N–H and O–H groups in total. The summed E-state index contributed by atoms with van der Waals surface area (Å²) in [6.45, 7) is 6.35. The lowest BCUT2D eigenvalue weighted by molar-refractivity contribution is 0.0158. The van der Waals surface area contributed by atoms with E-state index in [1.807, 2.05) is 0 Å².